The molecule has 1 aromatic rings. The number of hydrogen-bond acceptors (Lipinski definition) is 3. The Balaban J connectivity index is 1.61. The first kappa shape index (κ1) is 15.8. The smallest absolute Gasteiger partial charge is 0.318 e. The van der Waals surface area contributed by atoms with Gasteiger partial charge in [0, 0.05) is 38.3 Å². The number of nitrogens with one attached hydrogen (secondary N) is 1. The minimum Gasteiger partial charge on any atom is -0.334 e. The molecule has 0 bridgehead atoms. The lowest BCUT2D eigenvalue weighted by molar-refractivity contribution is 0.191. The van der Waals surface area contributed by atoms with E-state index in [0.29, 0.717) is 30.6 Å². The summed E-state index contributed by atoms with van der Waals surface area (Å²) < 4.78 is 0. The van der Waals surface area contributed by atoms with Gasteiger partial charge in [0.1, 0.15) is 0 Å². The molecule has 0 saturated carbocycles. The third-order valence-electron chi connectivity index (χ3n) is 5.02. The maximum Gasteiger partial charge on any atom is 0.318 e. The summed E-state index contributed by atoms with van der Waals surface area (Å²) in [5.41, 5.74) is 2.88. The van der Waals surface area contributed by atoms with Crippen molar-refractivity contribution in [1.82, 2.24) is 15.1 Å². The summed E-state index contributed by atoms with van der Waals surface area (Å²) in [6, 6.07) is 8.55. The van der Waals surface area contributed by atoms with Crippen LogP contribution in [0.25, 0.3) is 0 Å². The topological polar surface area (TPSA) is 59.4 Å². The summed E-state index contributed by atoms with van der Waals surface area (Å²) in [5, 5.41) is 12.2. The van der Waals surface area contributed by atoms with Gasteiger partial charge >= 0.3 is 6.03 Å². The maximum absolute atomic E-state index is 12.6. The van der Waals surface area contributed by atoms with Gasteiger partial charge in [-0.3, -0.25) is 4.90 Å². The molecule has 122 valence electrons. The van der Waals surface area contributed by atoms with E-state index in [0.717, 1.165) is 24.2 Å². The van der Waals surface area contributed by atoms with Gasteiger partial charge in [0.15, 0.2) is 0 Å². The molecule has 0 spiro atoms. The Kier molecular flexibility index (Phi) is 4.27. The fourth-order valence-corrected chi connectivity index (χ4v) is 3.47. The average Bonchev–Trinajstić information content (AvgIpc) is 3.10. The molecular weight excluding hydrogens is 288 g/mol. The van der Waals surface area contributed by atoms with Gasteiger partial charge in [-0.15, -0.1) is 0 Å². The molecule has 1 saturated heterocycles. The van der Waals surface area contributed by atoms with Crippen molar-refractivity contribution in [2.45, 2.75) is 45.9 Å². The third kappa shape index (κ3) is 3.18. The number of rotatable bonds is 2. The molecule has 2 atom stereocenters. The predicted molar refractivity (Wildman–Crippen MR) is 88.6 cm³/mol. The molecule has 2 aliphatic rings. The van der Waals surface area contributed by atoms with Gasteiger partial charge in [-0.25, -0.2) is 4.79 Å². The molecular formula is C18H24N4O. The molecule has 0 aliphatic carbocycles. The van der Waals surface area contributed by atoms with Crippen LogP contribution in [-0.2, 0) is 13.1 Å². The molecule has 0 radical (unpaired) electrons. The van der Waals surface area contributed by atoms with Crippen molar-refractivity contribution >= 4 is 6.03 Å². The van der Waals surface area contributed by atoms with Crippen LogP contribution in [0, 0.1) is 17.2 Å². The van der Waals surface area contributed by atoms with E-state index < -0.39 is 0 Å². The lowest BCUT2D eigenvalue weighted by Crippen LogP contribution is -2.46. The summed E-state index contributed by atoms with van der Waals surface area (Å²) in [4.78, 5) is 16.8. The van der Waals surface area contributed by atoms with Crippen molar-refractivity contribution in [2.75, 3.05) is 13.1 Å². The summed E-state index contributed by atoms with van der Waals surface area (Å²) in [5.74, 6) is 0.469. The molecule has 1 fully saturated rings. The highest BCUT2D eigenvalue weighted by atomic mass is 16.2. The van der Waals surface area contributed by atoms with Gasteiger partial charge in [-0.05, 0) is 43.0 Å². The fraction of sp³-hybridized carbons (Fsp3) is 0.556. The van der Waals surface area contributed by atoms with Crippen LogP contribution in [0.5, 0.6) is 0 Å². The van der Waals surface area contributed by atoms with Crippen LogP contribution in [0.3, 0.4) is 0 Å². The van der Waals surface area contributed by atoms with E-state index in [9.17, 15) is 4.79 Å². The van der Waals surface area contributed by atoms with Crippen LogP contribution in [0.1, 0.15) is 37.5 Å². The van der Waals surface area contributed by atoms with Gasteiger partial charge in [0.05, 0.1) is 11.6 Å². The summed E-state index contributed by atoms with van der Waals surface area (Å²) in [6.07, 6.45) is 0. The average molecular weight is 312 g/mol. The normalized spacial score (nSPS) is 23.9. The molecule has 2 amide bonds. The number of likely N-dealkylation sites (tertiary alicyclic amines) is 1. The molecule has 1 N–H and O–H groups in total. The molecule has 0 aromatic heterocycles. The summed E-state index contributed by atoms with van der Waals surface area (Å²) in [7, 11) is 0. The van der Waals surface area contributed by atoms with Crippen LogP contribution in [0.4, 0.5) is 4.79 Å². The molecule has 3 rings (SSSR count). The van der Waals surface area contributed by atoms with Gasteiger partial charge in [0.25, 0.3) is 0 Å². The zero-order chi connectivity index (χ0) is 16.6. The summed E-state index contributed by atoms with van der Waals surface area (Å²) >= 11 is 0. The van der Waals surface area contributed by atoms with Crippen LogP contribution < -0.4 is 5.32 Å². The Morgan fingerprint density at radius 3 is 2.70 bits per heavy atom. The van der Waals surface area contributed by atoms with E-state index in [2.05, 4.69) is 37.1 Å². The number of nitriles is 1. The predicted octanol–water partition coefficient (Wildman–Crippen LogP) is 2.31. The molecule has 5 nitrogen and oxygen atoms in total. The molecule has 2 unspecified atom stereocenters. The Morgan fingerprint density at radius 2 is 2.04 bits per heavy atom. The van der Waals surface area contributed by atoms with E-state index in [-0.39, 0.29) is 12.1 Å². The third-order valence-corrected chi connectivity index (χ3v) is 5.02. The Morgan fingerprint density at radius 1 is 1.30 bits per heavy atom. The number of carbonyl (C=O) groups is 1. The monoisotopic (exact) mass is 312 g/mol. The number of carbonyl (C=O) groups excluding carboxylic acids is 1. The molecule has 5 heteroatoms. The second-order valence-corrected chi connectivity index (χ2v) is 7.03. The van der Waals surface area contributed by atoms with Gasteiger partial charge in [0.2, 0.25) is 0 Å². The molecule has 1 aromatic carbocycles. The minimum atomic E-state index is 0.00200. The highest BCUT2D eigenvalue weighted by Crippen LogP contribution is 2.25. The lowest BCUT2D eigenvalue weighted by Gasteiger charge is -2.23. The molecule has 2 heterocycles. The fourth-order valence-electron chi connectivity index (χ4n) is 3.47. The van der Waals surface area contributed by atoms with Gasteiger partial charge < -0.3 is 10.2 Å². The Bertz CT molecular complexity index is 649. The van der Waals surface area contributed by atoms with Crippen LogP contribution in [-0.4, -0.2) is 41.0 Å². The summed E-state index contributed by atoms with van der Waals surface area (Å²) in [6.45, 7) is 9.76. The van der Waals surface area contributed by atoms with Crippen molar-refractivity contribution < 1.29 is 4.79 Å². The number of urea groups is 1. The van der Waals surface area contributed by atoms with E-state index in [4.69, 9.17) is 5.26 Å². The lowest BCUT2D eigenvalue weighted by atomic mass is 10.1. The Labute approximate surface area is 137 Å². The van der Waals surface area contributed by atoms with Crippen molar-refractivity contribution in [3.63, 3.8) is 0 Å². The number of amides is 2. The standard InChI is InChI=1S/C18H24N4O/c1-12(2)21-8-13(3)17(11-21)20-18(23)22-9-15-5-4-14(7-19)6-16(15)10-22/h4-6,12-13,17H,8-11H2,1-3H3,(H,20,23). The largest absolute Gasteiger partial charge is 0.334 e. The van der Waals surface area contributed by atoms with E-state index in [1.165, 1.54) is 0 Å². The van der Waals surface area contributed by atoms with Gasteiger partial charge in [-0.2, -0.15) is 5.26 Å². The van der Waals surface area contributed by atoms with Crippen molar-refractivity contribution in [3.8, 4) is 6.07 Å². The second-order valence-electron chi connectivity index (χ2n) is 7.03. The highest BCUT2D eigenvalue weighted by molar-refractivity contribution is 5.75. The first-order valence-electron chi connectivity index (χ1n) is 8.29. The van der Waals surface area contributed by atoms with Crippen molar-refractivity contribution in [3.05, 3.63) is 34.9 Å². The number of fused-ring (bicyclic) bond motifs is 1. The van der Waals surface area contributed by atoms with E-state index >= 15 is 0 Å². The van der Waals surface area contributed by atoms with Gasteiger partial charge in [-0.1, -0.05) is 13.0 Å². The number of benzene rings is 1. The zero-order valence-corrected chi connectivity index (χ0v) is 14.0. The Hall–Kier alpha value is -2.06. The first-order valence-corrected chi connectivity index (χ1v) is 8.29. The van der Waals surface area contributed by atoms with E-state index in [1.54, 1.807) is 0 Å². The SMILES string of the molecule is CC1CN(C(C)C)CC1NC(=O)N1Cc2ccc(C#N)cc2C1. The van der Waals surface area contributed by atoms with Crippen LogP contribution in [0.2, 0.25) is 0 Å². The van der Waals surface area contributed by atoms with Crippen LogP contribution in [0.15, 0.2) is 18.2 Å². The maximum atomic E-state index is 12.6. The van der Waals surface area contributed by atoms with Crippen molar-refractivity contribution in [1.29, 1.82) is 5.26 Å². The van der Waals surface area contributed by atoms with Crippen molar-refractivity contribution in [2.24, 2.45) is 5.92 Å². The molecule has 23 heavy (non-hydrogen) atoms. The number of nitrogens with zero attached hydrogens (tertiary/aromatic N) is 3. The van der Waals surface area contributed by atoms with E-state index in [1.807, 2.05) is 23.1 Å². The van der Waals surface area contributed by atoms with Crippen LogP contribution >= 0.6 is 0 Å². The number of hydrogen-bond donors (Lipinski definition) is 1. The molecule has 2 aliphatic heterocycles. The second kappa shape index (κ2) is 6.21. The highest BCUT2D eigenvalue weighted by Gasteiger charge is 2.33. The first-order chi connectivity index (χ1) is 11.0. The minimum absolute atomic E-state index is 0.00200. The zero-order valence-electron chi connectivity index (χ0n) is 14.0. The quantitative estimate of drug-likeness (QED) is 0.911.